The Balaban J connectivity index is 1.72. The van der Waals surface area contributed by atoms with E-state index in [2.05, 4.69) is 24.1 Å². The van der Waals surface area contributed by atoms with Gasteiger partial charge in [-0.1, -0.05) is 70.2 Å². The average Bonchev–Trinajstić information content (AvgIpc) is 3.25. The highest BCUT2D eigenvalue weighted by atomic mass is 16.3. The molecule has 0 aliphatic heterocycles. The van der Waals surface area contributed by atoms with Crippen molar-refractivity contribution < 1.29 is 14.0 Å². The minimum absolute atomic E-state index is 0.0951. The normalized spacial score (nSPS) is 11.1. The summed E-state index contributed by atoms with van der Waals surface area (Å²) < 4.78 is 5.50. The van der Waals surface area contributed by atoms with Crippen LogP contribution in [0.15, 0.2) is 65.3 Å². The van der Waals surface area contributed by atoms with Crippen molar-refractivity contribution >= 4 is 11.8 Å². The molecule has 1 heterocycles. The van der Waals surface area contributed by atoms with E-state index in [9.17, 15) is 9.59 Å². The number of hydrogen-bond acceptors (Lipinski definition) is 4. The second-order valence-corrected chi connectivity index (χ2v) is 8.75. The highest BCUT2D eigenvalue weighted by molar-refractivity contribution is 5.95. The molecular weight excluding hydrogens is 402 g/mol. The number of oxazole rings is 1. The summed E-state index contributed by atoms with van der Waals surface area (Å²) in [4.78, 5) is 31.4. The molecule has 2 amide bonds. The third kappa shape index (κ3) is 6.30. The van der Waals surface area contributed by atoms with Crippen LogP contribution in [0.4, 0.5) is 0 Å². The standard InChI is InChI=1S/C26H31N3O3/c1-18(2)14-27-25(30)23-17-32-24(28-23)16-29(15-19(3)4)26(31)22-12-10-21(11-13-22)20-8-6-5-7-9-20/h5-13,17-19H,14-16H2,1-4H3,(H,27,30). The Bertz CT molecular complexity index is 1020. The van der Waals surface area contributed by atoms with E-state index < -0.39 is 0 Å². The molecule has 2 aromatic carbocycles. The van der Waals surface area contributed by atoms with Gasteiger partial charge in [-0.2, -0.15) is 0 Å². The molecule has 32 heavy (non-hydrogen) atoms. The number of rotatable bonds is 9. The topological polar surface area (TPSA) is 75.4 Å². The molecule has 0 aliphatic carbocycles. The number of hydrogen-bond donors (Lipinski definition) is 1. The van der Waals surface area contributed by atoms with Crippen molar-refractivity contribution in [1.29, 1.82) is 0 Å². The molecule has 0 fully saturated rings. The van der Waals surface area contributed by atoms with E-state index >= 15 is 0 Å². The van der Waals surface area contributed by atoms with Gasteiger partial charge in [0.2, 0.25) is 5.89 Å². The molecule has 0 bridgehead atoms. The van der Waals surface area contributed by atoms with Crippen LogP contribution in [0.1, 0.15) is 54.4 Å². The number of carbonyl (C=O) groups is 2. The SMILES string of the molecule is CC(C)CNC(=O)c1coc(CN(CC(C)C)C(=O)c2ccc(-c3ccccc3)cc2)n1. The lowest BCUT2D eigenvalue weighted by molar-refractivity contribution is 0.0706. The molecule has 3 aromatic rings. The van der Waals surface area contributed by atoms with Crippen LogP contribution in [0.3, 0.4) is 0 Å². The van der Waals surface area contributed by atoms with E-state index in [1.165, 1.54) is 6.26 Å². The highest BCUT2D eigenvalue weighted by Gasteiger charge is 2.21. The molecule has 0 radical (unpaired) electrons. The van der Waals surface area contributed by atoms with Gasteiger partial charge >= 0.3 is 0 Å². The third-order valence-electron chi connectivity index (χ3n) is 4.89. The summed E-state index contributed by atoms with van der Waals surface area (Å²) in [6.07, 6.45) is 1.34. The Morgan fingerprint density at radius 3 is 2.22 bits per heavy atom. The Labute approximate surface area is 189 Å². The summed E-state index contributed by atoms with van der Waals surface area (Å²) in [6, 6.07) is 17.7. The van der Waals surface area contributed by atoms with Gasteiger partial charge in [0, 0.05) is 18.7 Å². The highest BCUT2D eigenvalue weighted by Crippen LogP contribution is 2.20. The molecule has 0 saturated heterocycles. The first-order valence-electron chi connectivity index (χ1n) is 11.0. The van der Waals surface area contributed by atoms with E-state index in [-0.39, 0.29) is 30.0 Å². The lowest BCUT2D eigenvalue weighted by atomic mass is 10.0. The maximum absolute atomic E-state index is 13.2. The van der Waals surface area contributed by atoms with Gasteiger partial charge in [0.05, 0.1) is 6.54 Å². The van der Waals surface area contributed by atoms with Crippen LogP contribution in [0.5, 0.6) is 0 Å². The van der Waals surface area contributed by atoms with Crippen molar-refractivity contribution in [2.75, 3.05) is 13.1 Å². The summed E-state index contributed by atoms with van der Waals surface area (Å²) in [6.45, 7) is 9.48. The Morgan fingerprint density at radius 2 is 1.59 bits per heavy atom. The van der Waals surface area contributed by atoms with E-state index in [4.69, 9.17) is 4.42 Å². The molecule has 3 rings (SSSR count). The second-order valence-electron chi connectivity index (χ2n) is 8.75. The molecule has 1 N–H and O–H groups in total. The van der Waals surface area contributed by atoms with E-state index in [0.29, 0.717) is 30.5 Å². The number of nitrogens with zero attached hydrogens (tertiary/aromatic N) is 2. The van der Waals surface area contributed by atoms with Gasteiger partial charge < -0.3 is 14.6 Å². The van der Waals surface area contributed by atoms with Crippen LogP contribution in [-0.2, 0) is 6.54 Å². The van der Waals surface area contributed by atoms with Gasteiger partial charge in [0.15, 0.2) is 5.69 Å². The molecule has 0 atom stereocenters. The minimum atomic E-state index is -0.271. The van der Waals surface area contributed by atoms with Crippen LogP contribution < -0.4 is 5.32 Å². The van der Waals surface area contributed by atoms with Crippen LogP contribution in [0, 0.1) is 11.8 Å². The summed E-state index contributed by atoms with van der Waals surface area (Å²) >= 11 is 0. The van der Waals surface area contributed by atoms with Crippen LogP contribution in [0.2, 0.25) is 0 Å². The zero-order chi connectivity index (χ0) is 23.1. The van der Waals surface area contributed by atoms with Crippen molar-refractivity contribution in [3.63, 3.8) is 0 Å². The quantitative estimate of drug-likeness (QED) is 0.514. The fourth-order valence-corrected chi connectivity index (χ4v) is 3.32. The smallest absolute Gasteiger partial charge is 0.273 e. The molecule has 0 saturated carbocycles. The summed E-state index contributed by atoms with van der Waals surface area (Å²) in [5.41, 5.74) is 2.99. The van der Waals surface area contributed by atoms with Crippen molar-refractivity contribution in [3.05, 3.63) is 78.0 Å². The van der Waals surface area contributed by atoms with Crippen LogP contribution in [0.25, 0.3) is 11.1 Å². The second kappa shape index (κ2) is 10.8. The lowest BCUT2D eigenvalue weighted by Crippen LogP contribution is -2.34. The van der Waals surface area contributed by atoms with Gasteiger partial charge in [0.1, 0.15) is 6.26 Å². The number of aromatic nitrogens is 1. The van der Waals surface area contributed by atoms with Gasteiger partial charge in [0.25, 0.3) is 11.8 Å². The Morgan fingerprint density at radius 1 is 0.938 bits per heavy atom. The molecule has 1 aromatic heterocycles. The molecule has 168 valence electrons. The fraction of sp³-hybridized carbons (Fsp3) is 0.346. The summed E-state index contributed by atoms with van der Waals surface area (Å²) in [5.74, 6) is 0.591. The number of nitrogens with one attached hydrogen (secondary N) is 1. The largest absolute Gasteiger partial charge is 0.446 e. The lowest BCUT2D eigenvalue weighted by Gasteiger charge is -2.23. The van der Waals surface area contributed by atoms with Crippen LogP contribution in [-0.4, -0.2) is 34.8 Å². The zero-order valence-corrected chi connectivity index (χ0v) is 19.2. The predicted molar refractivity (Wildman–Crippen MR) is 125 cm³/mol. The monoisotopic (exact) mass is 433 g/mol. The van der Waals surface area contributed by atoms with Gasteiger partial charge in [-0.15, -0.1) is 0 Å². The maximum Gasteiger partial charge on any atom is 0.273 e. The molecule has 6 heteroatoms. The Hall–Kier alpha value is -3.41. The van der Waals surface area contributed by atoms with Crippen molar-refractivity contribution in [2.45, 2.75) is 34.2 Å². The van der Waals surface area contributed by atoms with E-state index in [1.807, 2.05) is 68.4 Å². The molecular formula is C26H31N3O3. The summed E-state index contributed by atoms with van der Waals surface area (Å²) in [5, 5.41) is 2.82. The minimum Gasteiger partial charge on any atom is -0.446 e. The average molecular weight is 434 g/mol. The molecule has 0 unspecified atom stereocenters. The maximum atomic E-state index is 13.2. The van der Waals surface area contributed by atoms with Gasteiger partial charge in [-0.25, -0.2) is 4.98 Å². The molecule has 6 nitrogen and oxygen atoms in total. The number of benzene rings is 2. The first-order valence-corrected chi connectivity index (χ1v) is 11.0. The molecule has 0 spiro atoms. The van der Waals surface area contributed by atoms with Crippen LogP contribution >= 0.6 is 0 Å². The van der Waals surface area contributed by atoms with Gasteiger partial charge in [-0.05, 0) is 35.1 Å². The molecule has 0 aliphatic rings. The fourth-order valence-electron chi connectivity index (χ4n) is 3.32. The van der Waals surface area contributed by atoms with E-state index in [1.54, 1.807) is 4.90 Å². The number of carbonyl (C=O) groups excluding carboxylic acids is 2. The number of amides is 2. The van der Waals surface area contributed by atoms with Crippen molar-refractivity contribution in [3.8, 4) is 11.1 Å². The third-order valence-corrected chi connectivity index (χ3v) is 4.89. The first-order chi connectivity index (χ1) is 15.3. The first kappa shape index (κ1) is 23.3. The zero-order valence-electron chi connectivity index (χ0n) is 19.2. The Kier molecular flexibility index (Phi) is 7.82. The van der Waals surface area contributed by atoms with E-state index in [0.717, 1.165) is 11.1 Å². The summed E-state index contributed by atoms with van der Waals surface area (Å²) in [7, 11) is 0. The van der Waals surface area contributed by atoms with Crippen molar-refractivity contribution in [2.24, 2.45) is 11.8 Å². The van der Waals surface area contributed by atoms with Gasteiger partial charge in [-0.3, -0.25) is 9.59 Å². The predicted octanol–water partition coefficient (Wildman–Crippen LogP) is 5.03. The van der Waals surface area contributed by atoms with Crippen molar-refractivity contribution in [1.82, 2.24) is 15.2 Å².